The summed E-state index contributed by atoms with van der Waals surface area (Å²) in [4.78, 5) is 35.0. The van der Waals surface area contributed by atoms with E-state index < -0.39 is 26.5 Å². The van der Waals surface area contributed by atoms with E-state index in [0.717, 1.165) is 83.5 Å². The van der Waals surface area contributed by atoms with E-state index in [1.54, 1.807) is 0 Å². The molecule has 2 atom stereocenters. The molecular weight excluding hydrogens is 918 g/mol. The molecular formula is C62H112NO8P. The van der Waals surface area contributed by atoms with E-state index in [0.29, 0.717) is 6.42 Å². The Morgan fingerprint density at radius 2 is 0.764 bits per heavy atom. The average Bonchev–Trinajstić information content (AvgIpc) is 3.37. The highest BCUT2D eigenvalue weighted by atomic mass is 31.2. The molecule has 0 aliphatic carbocycles. The molecule has 0 aromatic rings. The zero-order valence-corrected chi connectivity index (χ0v) is 47.5. The molecule has 0 fully saturated rings. The Morgan fingerprint density at radius 3 is 1.15 bits per heavy atom. The lowest BCUT2D eigenvalue weighted by atomic mass is 10.0. The van der Waals surface area contributed by atoms with Crippen LogP contribution in [0.3, 0.4) is 0 Å². The highest BCUT2D eigenvalue weighted by Gasteiger charge is 2.26. The molecule has 0 bridgehead atoms. The van der Waals surface area contributed by atoms with Gasteiger partial charge in [-0.1, -0.05) is 254 Å². The molecule has 2 unspecified atom stereocenters. The van der Waals surface area contributed by atoms with E-state index >= 15 is 0 Å². The van der Waals surface area contributed by atoms with Gasteiger partial charge in [0.25, 0.3) is 0 Å². The van der Waals surface area contributed by atoms with Crippen LogP contribution in [-0.4, -0.2) is 49.3 Å². The fraction of sp³-hybridized carbons (Fsp3) is 0.774. The third-order valence-corrected chi connectivity index (χ3v) is 13.8. The first kappa shape index (κ1) is 69.5. The molecule has 9 nitrogen and oxygen atoms in total. The highest BCUT2D eigenvalue weighted by molar-refractivity contribution is 7.47. The molecule has 10 heteroatoms. The van der Waals surface area contributed by atoms with Crippen molar-refractivity contribution >= 4 is 19.8 Å². The average molecular weight is 1030 g/mol. The minimum Gasteiger partial charge on any atom is -0.462 e. The Hall–Kier alpha value is -2.55. The fourth-order valence-corrected chi connectivity index (χ4v) is 9.19. The van der Waals surface area contributed by atoms with Crippen molar-refractivity contribution in [2.24, 2.45) is 5.73 Å². The zero-order valence-electron chi connectivity index (χ0n) is 46.7. The van der Waals surface area contributed by atoms with Crippen LogP contribution in [0.25, 0.3) is 0 Å². The largest absolute Gasteiger partial charge is 0.472 e. The van der Waals surface area contributed by atoms with Crippen LogP contribution in [0.5, 0.6) is 0 Å². The van der Waals surface area contributed by atoms with Gasteiger partial charge in [-0.05, 0) is 83.5 Å². The van der Waals surface area contributed by atoms with E-state index in [4.69, 9.17) is 24.3 Å². The number of rotatable bonds is 56. The summed E-state index contributed by atoms with van der Waals surface area (Å²) in [6.45, 7) is 3.61. The number of hydrogen-bond donors (Lipinski definition) is 2. The first-order valence-corrected chi connectivity index (χ1v) is 31.4. The van der Waals surface area contributed by atoms with Gasteiger partial charge in [0.05, 0.1) is 13.2 Å². The molecule has 0 aromatic heterocycles. The van der Waals surface area contributed by atoms with Crippen molar-refractivity contribution in [2.45, 2.75) is 283 Å². The summed E-state index contributed by atoms with van der Waals surface area (Å²) in [6.07, 6.45) is 74.2. The Bertz CT molecular complexity index is 1410. The van der Waals surface area contributed by atoms with Crippen LogP contribution in [0.15, 0.2) is 72.9 Å². The Balaban J connectivity index is 3.76. The maximum atomic E-state index is 12.7. The number of phosphoric ester groups is 1. The Kier molecular flexibility index (Phi) is 55.7. The predicted octanol–water partition coefficient (Wildman–Crippen LogP) is 18.9. The molecule has 0 heterocycles. The number of allylic oxidation sites excluding steroid dienone is 12. The maximum absolute atomic E-state index is 12.7. The van der Waals surface area contributed by atoms with Crippen LogP contribution in [0.2, 0.25) is 0 Å². The third-order valence-electron chi connectivity index (χ3n) is 12.8. The summed E-state index contributed by atoms with van der Waals surface area (Å²) in [5, 5.41) is 0. The second kappa shape index (κ2) is 57.7. The van der Waals surface area contributed by atoms with Gasteiger partial charge in [-0.3, -0.25) is 18.6 Å². The summed E-state index contributed by atoms with van der Waals surface area (Å²) >= 11 is 0. The number of unbranched alkanes of at least 4 members (excludes halogenated alkanes) is 31. The van der Waals surface area contributed by atoms with Crippen molar-refractivity contribution in [2.75, 3.05) is 26.4 Å². The zero-order chi connectivity index (χ0) is 52.4. The molecule has 72 heavy (non-hydrogen) atoms. The van der Waals surface area contributed by atoms with Gasteiger partial charge >= 0.3 is 19.8 Å². The lowest BCUT2D eigenvalue weighted by Gasteiger charge is -2.19. The van der Waals surface area contributed by atoms with Crippen LogP contribution in [0, 0.1) is 0 Å². The molecule has 0 amide bonds. The van der Waals surface area contributed by atoms with Crippen molar-refractivity contribution in [1.29, 1.82) is 0 Å². The van der Waals surface area contributed by atoms with Crippen molar-refractivity contribution in [3.8, 4) is 0 Å². The highest BCUT2D eigenvalue weighted by Crippen LogP contribution is 2.43. The van der Waals surface area contributed by atoms with Gasteiger partial charge in [-0.25, -0.2) is 4.57 Å². The van der Waals surface area contributed by atoms with Crippen molar-refractivity contribution in [3.05, 3.63) is 72.9 Å². The molecule has 0 saturated heterocycles. The van der Waals surface area contributed by atoms with Crippen LogP contribution in [0.4, 0.5) is 0 Å². The molecule has 0 radical (unpaired) electrons. The van der Waals surface area contributed by atoms with Gasteiger partial charge in [0.2, 0.25) is 0 Å². The van der Waals surface area contributed by atoms with Crippen LogP contribution in [-0.2, 0) is 32.7 Å². The standard InChI is InChI=1S/C62H112NO8P/c1-3-5-7-9-11-13-15-17-18-19-20-21-22-23-24-25-26-27-28-29-30-31-32-33-34-35-36-37-38-39-40-41-42-43-45-47-49-51-53-55-62(65)71-60(59-70-72(66,67)69-57-56-63)58-68-61(64)54-52-50-48-46-44-16-14-12-10-8-6-4-2/h5,7,11-14,17-18,20-21,23-24,60H,3-4,6,8-10,15-16,19,22,25-59,63H2,1-2H3,(H,66,67)/b7-5-,13-11-,14-12-,18-17-,21-20-,24-23-. The van der Waals surface area contributed by atoms with E-state index in [9.17, 15) is 19.0 Å². The fourth-order valence-electron chi connectivity index (χ4n) is 8.42. The number of carbonyl (C=O) groups excluding carboxylic acids is 2. The van der Waals surface area contributed by atoms with Crippen LogP contribution < -0.4 is 5.73 Å². The number of nitrogens with two attached hydrogens (primary N) is 1. The second-order valence-electron chi connectivity index (χ2n) is 19.8. The Labute approximate surface area is 443 Å². The molecule has 0 aromatic carbocycles. The SMILES string of the molecule is CC/C=C\C/C=C\C/C=C\C/C=C\C/C=C\CCCCCCCCCCCCCCCCCCCCCCCCCC(=O)OC(COC(=O)CCCCCCC/C=C\CCCCC)COP(=O)(O)OCCN. The van der Waals surface area contributed by atoms with Gasteiger partial charge in [0.15, 0.2) is 6.10 Å². The molecule has 0 rings (SSSR count). The Morgan fingerprint density at radius 1 is 0.431 bits per heavy atom. The summed E-state index contributed by atoms with van der Waals surface area (Å²) in [7, 11) is -4.38. The number of carbonyl (C=O) groups is 2. The van der Waals surface area contributed by atoms with E-state index in [-0.39, 0.29) is 38.6 Å². The second-order valence-corrected chi connectivity index (χ2v) is 21.3. The first-order valence-electron chi connectivity index (χ1n) is 29.9. The molecule has 3 N–H and O–H groups in total. The first-order chi connectivity index (χ1) is 35.3. The van der Waals surface area contributed by atoms with Crippen molar-refractivity contribution < 1.29 is 37.6 Å². The van der Waals surface area contributed by atoms with Gasteiger partial charge in [0.1, 0.15) is 6.61 Å². The number of esters is 2. The van der Waals surface area contributed by atoms with Gasteiger partial charge in [-0.2, -0.15) is 0 Å². The summed E-state index contributed by atoms with van der Waals surface area (Å²) < 4.78 is 32.9. The molecule has 418 valence electrons. The summed E-state index contributed by atoms with van der Waals surface area (Å²) in [5.41, 5.74) is 5.37. The summed E-state index contributed by atoms with van der Waals surface area (Å²) in [6, 6.07) is 0. The predicted molar refractivity (Wildman–Crippen MR) is 307 cm³/mol. The number of hydrogen-bond acceptors (Lipinski definition) is 8. The molecule has 0 aliphatic heterocycles. The van der Waals surface area contributed by atoms with Crippen molar-refractivity contribution in [3.63, 3.8) is 0 Å². The lowest BCUT2D eigenvalue weighted by Crippen LogP contribution is -2.29. The minimum absolute atomic E-state index is 0.0525. The quantitative estimate of drug-likeness (QED) is 0.0264. The molecule has 0 saturated carbocycles. The van der Waals surface area contributed by atoms with Gasteiger partial charge in [0, 0.05) is 19.4 Å². The third kappa shape index (κ3) is 56.7. The number of ether oxygens (including phenoxy) is 2. The number of phosphoric acid groups is 1. The lowest BCUT2D eigenvalue weighted by molar-refractivity contribution is -0.161. The summed E-state index contributed by atoms with van der Waals surface area (Å²) in [5.74, 6) is -0.830. The smallest absolute Gasteiger partial charge is 0.462 e. The van der Waals surface area contributed by atoms with Gasteiger partial charge in [-0.15, -0.1) is 0 Å². The molecule has 0 spiro atoms. The van der Waals surface area contributed by atoms with Crippen molar-refractivity contribution in [1.82, 2.24) is 0 Å². The van der Waals surface area contributed by atoms with E-state index in [1.807, 2.05) is 0 Å². The minimum atomic E-state index is -4.38. The van der Waals surface area contributed by atoms with E-state index in [2.05, 4.69) is 86.8 Å². The monoisotopic (exact) mass is 1030 g/mol. The maximum Gasteiger partial charge on any atom is 0.472 e. The molecule has 0 aliphatic rings. The normalized spacial score (nSPS) is 13.6. The van der Waals surface area contributed by atoms with Crippen LogP contribution >= 0.6 is 7.82 Å². The van der Waals surface area contributed by atoms with Crippen LogP contribution in [0.1, 0.15) is 277 Å². The van der Waals surface area contributed by atoms with Gasteiger partial charge < -0.3 is 20.1 Å². The van der Waals surface area contributed by atoms with E-state index in [1.165, 1.54) is 161 Å². The topological polar surface area (TPSA) is 134 Å².